The quantitative estimate of drug-likeness (QED) is 0.781. The molecule has 0 N–H and O–H groups in total. The first-order valence-electron chi connectivity index (χ1n) is 4.88. The van der Waals surface area contributed by atoms with E-state index in [0.29, 0.717) is 5.56 Å². The first-order valence-corrected chi connectivity index (χ1v) is 5.26. The van der Waals surface area contributed by atoms with Crippen molar-refractivity contribution in [3.8, 4) is 5.75 Å². The van der Waals surface area contributed by atoms with Gasteiger partial charge in [-0.25, -0.2) is 4.39 Å². The number of benzene rings is 2. The van der Waals surface area contributed by atoms with Crippen LogP contribution in [-0.2, 0) is 6.61 Å². The molecular weight excluding hydrogens is 227 g/mol. The molecule has 0 aromatic heterocycles. The topological polar surface area (TPSA) is 9.23 Å². The zero-order valence-corrected chi connectivity index (χ0v) is 9.25. The molecule has 2 aromatic rings. The number of rotatable bonds is 3. The SMILES string of the molecule is Fc1cccc(COc2ccccc2)c1Cl. The molecule has 0 aliphatic rings. The van der Waals surface area contributed by atoms with Crippen LogP contribution in [0.25, 0.3) is 0 Å². The molecule has 0 saturated carbocycles. The Morgan fingerprint density at radius 2 is 1.75 bits per heavy atom. The van der Waals surface area contributed by atoms with Gasteiger partial charge in [0.1, 0.15) is 18.2 Å². The van der Waals surface area contributed by atoms with Crippen LogP contribution < -0.4 is 4.74 Å². The van der Waals surface area contributed by atoms with Gasteiger partial charge >= 0.3 is 0 Å². The van der Waals surface area contributed by atoms with Crippen molar-refractivity contribution in [1.82, 2.24) is 0 Å². The first kappa shape index (κ1) is 11.0. The summed E-state index contributed by atoms with van der Waals surface area (Å²) in [6.45, 7) is 0.264. The predicted molar refractivity (Wildman–Crippen MR) is 62.2 cm³/mol. The lowest BCUT2D eigenvalue weighted by Crippen LogP contribution is -1.97. The lowest BCUT2D eigenvalue weighted by Gasteiger charge is -2.07. The second-order valence-electron chi connectivity index (χ2n) is 3.31. The third kappa shape index (κ3) is 2.52. The number of hydrogen-bond donors (Lipinski definition) is 0. The number of para-hydroxylation sites is 1. The summed E-state index contributed by atoms with van der Waals surface area (Å²) in [5, 5.41) is 0.124. The van der Waals surface area contributed by atoms with Crippen LogP contribution >= 0.6 is 11.6 Å². The molecule has 0 atom stereocenters. The van der Waals surface area contributed by atoms with Gasteiger partial charge in [-0.15, -0.1) is 0 Å². The molecule has 16 heavy (non-hydrogen) atoms. The molecule has 3 heteroatoms. The zero-order valence-electron chi connectivity index (χ0n) is 8.49. The fourth-order valence-electron chi connectivity index (χ4n) is 1.34. The minimum absolute atomic E-state index is 0.124. The van der Waals surface area contributed by atoms with E-state index in [2.05, 4.69) is 0 Å². The van der Waals surface area contributed by atoms with Crippen LogP contribution in [0.1, 0.15) is 5.56 Å². The summed E-state index contributed by atoms with van der Waals surface area (Å²) in [6.07, 6.45) is 0. The van der Waals surface area contributed by atoms with Crippen molar-refractivity contribution in [3.63, 3.8) is 0 Å². The maximum Gasteiger partial charge on any atom is 0.142 e. The highest BCUT2D eigenvalue weighted by Crippen LogP contribution is 2.21. The van der Waals surface area contributed by atoms with Crippen LogP contribution in [0.4, 0.5) is 4.39 Å². The summed E-state index contributed by atoms with van der Waals surface area (Å²) < 4.78 is 18.6. The van der Waals surface area contributed by atoms with E-state index in [0.717, 1.165) is 5.75 Å². The van der Waals surface area contributed by atoms with Crippen molar-refractivity contribution in [1.29, 1.82) is 0 Å². The number of halogens is 2. The predicted octanol–water partition coefficient (Wildman–Crippen LogP) is 4.06. The van der Waals surface area contributed by atoms with Gasteiger partial charge in [0.25, 0.3) is 0 Å². The molecule has 0 radical (unpaired) electrons. The maximum atomic E-state index is 13.1. The molecule has 0 heterocycles. The number of hydrogen-bond acceptors (Lipinski definition) is 1. The van der Waals surface area contributed by atoms with Crippen LogP contribution in [0.5, 0.6) is 5.75 Å². The Bertz CT molecular complexity index is 471. The second-order valence-corrected chi connectivity index (χ2v) is 3.69. The van der Waals surface area contributed by atoms with Gasteiger partial charge in [0.2, 0.25) is 0 Å². The highest BCUT2D eigenvalue weighted by Gasteiger charge is 2.05. The van der Waals surface area contributed by atoms with E-state index in [1.165, 1.54) is 6.07 Å². The van der Waals surface area contributed by atoms with Crippen LogP contribution in [0, 0.1) is 5.82 Å². The molecular formula is C13H10ClFO. The van der Waals surface area contributed by atoms with E-state index in [9.17, 15) is 4.39 Å². The second kappa shape index (κ2) is 4.99. The molecule has 0 amide bonds. The minimum atomic E-state index is -0.421. The van der Waals surface area contributed by atoms with Crippen molar-refractivity contribution in [2.24, 2.45) is 0 Å². The van der Waals surface area contributed by atoms with E-state index in [4.69, 9.17) is 16.3 Å². The van der Waals surface area contributed by atoms with E-state index in [-0.39, 0.29) is 11.6 Å². The highest BCUT2D eigenvalue weighted by molar-refractivity contribution is 6.31. The average molecular weight is 237 g/mol. The van der Waals surface area contributed by atoms with Gasteiger partial charge in [0, 0.05) is 5.56 Å². The molecule has 0 fully saturated rings. The van der Waals surface area contributed by atoms with Crippen molar-refractivity contribution >= 4 is 11.6 Å². The van der Waals surface area contributed by atoms with E-state index in [1.54, 1.807) is 12.1 Å². The molecule has 0 bridgehead atoms. The first-order chi connectivity index (χ1) is 7.77. The van der Waals surface area contributed by atoms with Crippen molar-refractivity contribution < 1.29 is 9.13 Å². The lowest BCUT2D eigenvalue weighted by molar-refractivity contribution is 0.305. The molecule has 2 rings (SSSR count). The van der Waals surface area contributed by atoms with Crippen LogP contribution in [0.3, 0.4) is 0 Å². The van der Waals surface area contributed by atoms with E-state index < -0.39 is 5.82 Å². The Morgan fingerprint density at radius 1 is 1.00 bits per heavy atom. The average Bonchev–Trinajstić information content (AvgIpc) is 2.32. The Labute approximate surface area is 98.4 Å². The van der Waals surface area contributed by atoms with Gasteiger partial charge in [-0.05, 0) is 18.2 Å². The van der Waals surface area contributed by atoms with Gasteiger partial charge in [-0.2, -0.15) is 0 Å². The summed E-state index contributed by atoms with van der Waals surface area (Å²) in [4.78, 5) is 0. The zero-order chi connectivity index (χ0) is 11.4. The largest absolute Gasteiger partial charge is 0.489 e. The molecule has 1 nitrogen and oxygen atoms in total. The molecule has 82 valence electrons. The molecule has 0 saturated heterocycles. The van der Waals surface area contributed by atoms with Gasteiger partial charge < -0.3 is 4.74 Å². The summed E-state index contributed by atoms with van der Waals surface area (Å²) in [5.41, 5.74) is 0.644. The third-order valence-corrected chi connectivity index (χ3v) is 2.59. The Morgan fingerprint density at radius 3 is 2.50 bits per heavy atom. The monoisotopic (exact) mass is 236 g/mol. The van der Waals surface area contributed by atoms with Crippen LogP contribution in [-0.4, -0.2) is 0 Å². The van der Waals surface area contributed by atoms with E-state index in [1.807, 2.05) is 30.3 Å². The normalized spacial score (nSPS) is 10.1. The summed E-state index contributed by atoms with van der Waals surface area (Å²) >= 11 is 5.80. The van der Waals surface area contributed by atoms with E-state index >= 15 is 0 Å². The Balaban J connectivity index is 2.08. The van der Waals surface area contributed by atoms with Crippen LogP contribution in [0.15, 0.2) is 48.5 Å². The number of ether oxygens (including phenoxy) is 1. The Kier molecular flexibility index (Phi) is 3.42. The van der Waals surface area contributed by atoms with Gasteiger partial charge in [-0.1, -0.05) is 41.9 Å². The smallest absolute Gasteiger partial charge is 0.142 e. The van der Waals surface area contributed by atoms with Gasteiger partial charge in [0.05, 0.1) is 5.02 Å². The summed E-state index contributed by atoms with van der Waals surface area (Å²) in [5.74, 6) is 0.318. The van der Waals surface area contributed by atoms with Crippen molar-refractivity contribution in [3.05, 3.63) is 64.9 Å². The molecule has 0 aliphatic heterocycles. The summed E-state index contributed by atoms with van der Waals surface area (Å²) in [7, 11) is 0. The van der Waals surface area contributed by atoms with Crippen molar-refractivity contribution in [2.75, 3.05) is 0 Å². The van der Waals surface area contributed by atoms with Gasteiger partial charge in [-0.3, -0.25) is 0 Å². The summed E-state index contributed by atoms with van der Waals surface area (Å²) in [6, 6.07) is 14.0. The minimum Gasteiger partial charge on any atom is -0.489 e. The molecule has 0 unspecified atom stereocenters. The fraction of sp³-hybridized carbons (Fsp3) is 0.0769. The maximum absolute atomic E-state index is 13.1. The highest BCUT2D eigenvalue weighted by atomic mass is 35.5. The fourth-order valence-corrected chi connectivity index (χ4v) is 1.52. The lowest BCUT2D eigenvalue weighted by atomic mass is 10.2. The molecule has 0 spiro atoms. The molecule has 2 aromatic carbocycles. The Hall–Kier alpha value is -1.54. The third-order valence-electron chi connectivity index (χ3n) is 2.17. The van der Waals surface area contributed by atoms with Crippen LogP contribution in [0.2, 0.25) is 5.02 Å². The standard InChI is InChI=1S/C13H10ClFO/c14-13-10(5-4-8-12(13)15)9-16-11-6-2-1-3-7-11/h1-8H,9H2. The molecule has 0 aliphatic carbocycles. The van der Waals surface area contributed by atoms with Crippen molar-refractivity contribution in [2.45, 2.75) is 6.61 Å². The van der Waals surface area contributed by atoms with Gasteiger partial charge in [0.15, 0.2) is 0 Å².